The third kappa shape index (κ3) is 4.37. The van der Waals surface area contributed by atoms with Gasteiger partial charge in [0.25, 0.3) is 0 Å². The molecule has 0 aromatic heterocycles. The van der Waals surface area contributed by atoms with Crippen molar-refractivity contribution in [3.63, 3.8) is 0 Å². The standard InChI is InChI=1S/C17H21NO2/c1-19-12-16-3-2-4-17(11-16)20-13-15-7-5-14(6-8-15)9-10-18/h2-8,11H,9-10,12-13,18H2,1H3. The van der Waals surface area contributed by atoms with Gasteiger partial charge >= 0.3 is 0 Å². The highest BCUT2D eigenvalue weighted by Gasteiger charge is 1.99. The van der Waals surface area contributed by atoms with Gasteiger partial charge < -0.3 is 15.2 Å². The molecule has 3 heteroatoms. The molecule has 0 saturated carbocycles. The van der Waals surface area contributed by atoms with Crippen molar-refractivity contribution >= 4 is 0 Å². The van der Waals surface area contributed by atoms with Crippen LogP contribution in [-0.2, 0) is 24.4 Å². The zero-order valence-electron chi connectivity index (χ0n) is 11.8. The van der Waals surface area contributed by atoms with Crippen LogP contribution in [0.3, 0.4) is 0 Å². The lowest BCUT2D eigenvalue weighted by molar-refractivity contribution is 0.184. The highest BCUT2D eigenvalue weighted by Crippen LogP contribution is 2.16. The zero-order chi connectivity index (χ0) is 14.2. The Labute approximate surface area is 120 Å². The van der Waals surface area contributed by atoms with Crippen LogP contribution in [0.4, 0.5) is 0 Å². The van der Waals surface area contributed by atoms with Gasteiger partial charge in [0.15, 0.2) is 0 Å². The van der Waals surface area contributed by atoms with E-state index in [0.717, 1.165) is 23.3 Å². The minimum Gasteiger partial charge on any atom is -0.489 e. The summed E-state index contributed by atoms with van der Waals surface area (Å²) >= 11 is 0. The molecule has 0 fully saturated rings. The van der Waals surface area contributed by atoms with Gasteiger partial charge in [-0.25, -0.2) is 0 Å². The summed E-state index contributed by atoms with van der Waals surface area (Å²) in [6, 6.07) is 16.4. The van der Waals surface area contributed by atoms with E-state index >= 15 is 0 Å². The Morgan fingerprint density at radius 2 is 1.65 bits per heavy atom. The van der Waals surface area contributed by atoms with Gasteiger partial charge in [-0.3, -0.25) is 0 Å². The number of rotatable bonds is 7. The van der Waals surface area contributed by atoms with Gasteiger partial charge in [0, 0.05) is 7.11 Å². The van der Waals surface area contributed by atoms with Crippen LogP contribution in [0.15, 0.2) is 48.5 Å². The van der Waals surface area contributed by atoms with E-state index in [-0.39, 0.29) is 0 Å². The summed E-state index contributed by atoms with van der Waals surface area (Å²) in [5.74, 6) is 0.866. The monoisotopic (exact) mass is 271 g/mol. The Bertz CT molecular complexity index is 523. The molecular weight excluding hydrogens is 250 g/mol. The van der Waals surface area contributed by atoms with Crippen LogP contribution in [0.5, 0.6) is 5.75 Å². The van der Waals surface area contributed by atoms with E-state index in [9.17, 15) is 0 Å². The molecule has 0 radical (unpaired) electrons. The second-order valence-corrected chi connectivity index (χ2v) is 4.72. The first-order valence-electron chi connectivity index (χ1n) is 6.80. The Hall–Kier alpha value is -1.84. The molecule has 2 N–H and O–H groups in total. The fourth-order valence-electron chi connectivity index (χ4n) is 2.03. The highest BCUT2D eigenvalue weighted by molar-refractivity contribution is 5.29. The second kappa shape index (κ2) is 7.68. The van der Waals surface area contributed by atoms with E-state index in [2.05, 4.69) is 24.3 Å². The first kappa shape index (κ1) is 14.6. The third-order valence-corrected chi connectivity index (χ3v) is 3.07. The first-order chi connectivity index (χ1) is 9.81. The van der Waals surface area contributed by atoms with Crippen molar-refractivity contribution < 1.29 is 9.47 Å². The average Bonchev–Trinajstić information content (AvgIpc) is 2.48. The van der Waals surface area contributed by atoms with Gasteiger partial charge in [-0.2, -0.15) is 0 Å². The largest absolute Gasteiger partial charge is 0.489 e. The molecule has 0 amide bonds. The predicted octanol–water partition coefficient (Wildman–Crippen LogP) is 2.91. The molecule has 2 rings (SSSR count). The lowest BCUT2D eigenvalue weighted by atomic mass is 10.1. The van der Waals surface area contributed by atoms with E-state index < -0.39 is 0 Å². The van der Waals surface area contributed by atoms with Crippen molar-refractivity contribution in [2.75, 3.05) is 13.7 Å². The number of hydrogen-bond acceptors (Lipinski definition) is 3. The minimum absolute atomic E-state index is 0.569. The quantitative estimate of drug-likeness (QED) is 0.842. The van der Waals surface area contributed by atoms with Crippen molar-refractivity contribution in [1.82, 2.24) is 0 Å². The Kier molecular flexibility index (Phi) is 5.59. The fraction of sp³-hybridized carbons (Fsp3) is 0.294. The minimum atomic E-state index is 0.569. The summed E-state index contributed by atoms with van der Waals surface area (Å²) in [5.41, 5.74) is 9.07. The van der Waals surface area contributed by atoms with E-state index in [1.807, 2.05) is 24.3 Å². The Balaban J connectivity index is 1.92. The van der Waals surface area contributed by atoms with Crippen LogP contribution < -0.4 is 10.5 Å². The number of ether oxygens (including phenoxy) is 2. The smallest absolute Gasteiger partial charge is 0.120 e. The maximum absolute atomic E-state index is 5.80. The Morgan fingerprint density at radius 1 is 0.900 bits per heavy atom. The lowest BCUT2D eigenvalue weighted by Gasteiger charge is -2.08. The molecule has 106 valence electrons. The molecule has 0 spiro atoms. The summed E-state index contributed by atoms with van der Waals surface area (Å²) in [5, 5.41) is 0. The van der Waals surface area contributed by atoms with E-state index in [1.165, 1.54) is 5.56 Å². The maximum atomic E-state index is 5.80. The first-order valence-corrected chi connectivity index (χ1v) is 6.80. The predicted molar refractivity (Wildman–Crippen MR) is 80.7 cm³/mol. The van der Waals surface area contributed by atoms with E-state index in [1.54, 1.807) is 7.11 Å². The molecule has 0 bridgehead atoms. The van der Waals surface area contributed by atoms with Gasteiger partial charge in [-0.15, -0.1) is 0 Å². The maximum Gasteiger partial charge on any atom is 0.120 e. The molecule has 0 aliphatic carbocycles. The van der Waals surface area contributed by atoms with Crippen molar-refractivity contribution in [3.8, 4) is 5.75 Å². The molecule has 0 aliphatic rings. The average molecular weight is 271 g/mol. The molecule has 3 nitrogen and oxygen atoms in total. The van der Waals surface area contributed by atoms with E-state index in [0.29, 0.717) is 19.8 Å². The molecule has 0 saturated heterocycles. The molecule has 0 heterocycles. The van der Waals surface area contributed by atoms with Crippen molar-refractivity contribution in [2.45, 2.75) is 19.6 Å². The summed E-state index contributed by atoms with van der Waals surface area (Å²) in [6.07, 6.45) is 0.917. The second-order valence-electron chi connectivity index (χ2n) is 4.72. The third-order valence-electron chi connectivity index (χ3n) is 3.07. The molecule has 2 aromatic carbocycles. The van der Waals surface area contributed by atoms with Crippen molar-refractivity contribution in [3.05, 3.63) is 65.2 Å². The zero-order valence-corrected chi connectivity index (χ0v) is 11.8. The molecular formula is C17H21NO2. The number of benzene rings is 2. The van der Waals surface area contributed by atoms with Gasteiger partial charge in [0.05, 0.1) is 6.61 Å². The van der Waals surface area contributed by atoms with Crippen LogP contribution in [0, 0.1) is 0 Å². The summed E-state index contributed by atoms with van der Waals surface area (Å²) in [6.45, 7) is 1.85. The van der Waals surface area contributed by atoms with Crippen LogP contribution in [0.25, 0.3) is 0 Å². The number of methoxy groups -OCH3 is 1. The molecule has 20 heavy (non-hydrogen) atoms. The van der Waals surface area contributed by atoms with Gasteiger partial charge in [-0.05, 0) is 41.8 Å². The van der Waals surface area contributed by atoms with Gasteiger partial charge in [-0.1, -0.05) is 36.4 Å². The van der Waals surface area contributed by atoms with Crippen LogP contribution in [0.1, 0.15) is 16.7 Å². The van der Waals surface area contributed by atoms with Gasteiger partial charge in [0.2, 0.25) is 0 Å². The fourth-order valence-corrected chi connectivity index (χ4v) is 2.03. The van der Waals surface area contributed by atoms with Crippen LogP contribution in [-0.4, -0.2) is 13.7 Å². The molecule has 0 atom stereocenters. The highest BCUT2D eigenvalue weighted by atomic mass is 16.5. The Morgan fingerprint density at radius 3 is 2.35 bits per heavy atom. The lowest BCUT2D eigenvalue weighted by Crippen LogP contribution is -2.03. The number of nitrogens with two attached hydrogens (primary N) is 1. The normalized spacial score (nSPS) is 10.5. The SMILES string of the molecule is COCc1cccc(OCc2ccc(CCN)cc2)c1. The summed E-state index contributed by atoms with van der Waals surface area (Å²) < 4.78 is 10.9. The number of hydrogen-bond donors (Lipinski definition) is 1. The van der Waals surface area contributed by atoms with Crippen molar-refractivity contribution in [1.29, 1.82) is 0 Å². The molecule has 0 unspecified atom stereocenters. The molecule has 2 aromatic rings. The van der Waals surface area contributed by atoms with Crippen LogP contribution >= 0.6 is 0 Å². The van der Waals surface area contributed by atoms with E-state index in [4.69, 9.17) is 15.2 Å². The molecule has 0 aliphatic heterocycles. The van der Waals surface area contributed by atoms with Crippen molar-refractivity contribution in [2.24, 2.45) is 5.73 Å². The topological polar surface area (TPSA) is 44.5 Å². The van der Waals surface area contributed by atoms with Gasteiger partial charge in [0.1, 0.15) is 12.4 Å². The summed E-state index contributed by atoms with van der Waals surface area (Å²) in [4.78, 5) is 0. The van der Waals surface area contributed by atoms with Crippen LogP contribution in [0.2, 0.25) is 0 Å². The summed E-state index contributed by atoms with van der Waals surface area (Å²) in [7, 11) is 1.69.